The molecule has 0 unspecified atom stereocenters. The molecule has 0 N–H and O–H groups in total. The fourth-order valence-electron chi connectivity index (χ4n) is 10.4. The molecule has 0 atom stereocenters. The third kappa shape index (κ3) is 4.21. The van der Waals surface area contributed by atoms with E-state index in [0.717, 1.165) is 5.69 Å². The monoisotopic (exact) mass is 754 g/mol. The number of fused-ring (bicyclic) bond motifs is 12. The van der Waals surface area contributed by atoms with E-state index in [1.54, 1.807) is 0 Å². The maximum atomic E-state index is 2.48. The van der Waals surface area contributed by atoms with E-state index in [2.05, 4.69) is 215 Å². The van der Waals surface area contributed by atoms with E-state index in [1.165, 1.54) is 103 Å². The Morgan fingerprint density at radius 2 is 0.793 bits per heavy atom. The number of nitrogens with zero attached hydrogens (tertiary/aromatic N) is 2. The summed E-state index contributed by atoms with van der Waals surface area (Å²) < 4.78 is 7.56. The minimum atomic E-state index is -0.453. The van der Waals surface area contributed by atoms with Crippen LogP contribution in [0.1, 0.15) is 22.3 Å². The third-order valence-corrected chi connectivity index (χ3v) is 13.9. The molecular formula is C55H34N2S. The van der Waals surface area contributed by atoms with Crippen molar-refractivity contribution in [2.24, 2.45) is 0 Å². The van der Waals surface area contributed by atoms with Crippen LogP contribution in [0.15, 0.2) is 206 Å². The van der Waals surface area contributed by atoms with Crippen molar-refractivity contribution < 1.29 is 0 Å². The predicted octanol–water partition coefficient (Wildman–Crippen LogP) is 14.6. The molecule has 13 rings (SSSR count). The molecule has 1 aliphatic rings. The highest BCUT2D eigenvalue weighted by Crippen LogP contribution is 2.56. The van der Waals surface area contributed by atoms with E-state index in [4.69, 9.17) is 0 Å². The number of para-hydroxylation sites is 2. The molecule has 9 aromatic carbocycles. The lowest BCUT2D eigenvalue weighted by Gasteiger charge is -2.34. The van der Waals surface area contributed by atoms with Gasteiger partial charge in [0.15, 0.2) is 0 Å². The summed E-state index contributed by atoms with van der Waals surface area (Å²) in [7, 11) is 0. The normalized spacial score (nSPS) is 13.3. The molecule has 12 aromatic rings. The summed E-state index contributed by atoms with van der Waals surface area (Å²) >= 11 is 1.87. The number of hydrogen-bond donors (Lipinski definition) is 0. The van der Waals surface area contributed by atoms with Gasteiger partial charge in [0.05, 0.1) is 27.5 Å². The fourth-order valence-corrected chi connectivity index (χ4v) is 11.5. The summed E-state index contributed by atoms with van der Waals surface area (Å²) in [5.41, 5.74) is 14.5. The zero-order valence-corrected chi connectivity index (χ0v) is 32.2. The minimum absolute atomic E-state index is 0.453. The average Bonchev–Trinajstić information content (AvgIpc) is 4.02. The van der Waals surface area contributed by atoms with Crippen LogP contribution in [0.4, 0.5) is 0 Å². The molecule has 3 heteroatoms. The summed E-state index contributed by atoms with van der Waals surface area (Å²) in [5.74, 6) is 0. The van der Waals surface area contributed by atoms with Crippen molar-refractivity contribution in [3.8, 4) is 22.5 Å². The van der Waals surface area contributed by atoms with Gasteiger partial charge in [-0.25, -0.2) is 0 Å². The van der Waals surface area contributed by atoms with Crippen molar-refractivity contribution in [3.63, 3.8) is 0 Å². The molecule has 0 aliphatic heterocycles. The Balaban J connectivity index is 1.04. The molecule has 0 bridgehead atoms. The van der Waals surface area contributed by atoms with Gasteiger partial charge in [-0.1, -0.05) is 140 Å². The summed E-state index contributed by atoms with van der Waals surface area (Å²) in [6.07, 6.45) is 0. The maximum Gasteiger partial charge on any atom is 0.0713 e. The topological polar surface area (TPSA) is 9.86 Å². The smallest absolute Gasteiger partial charge is 0.0713 e. The van der Waals surface area contributed by atoms with Crippen molar-refractivity contribution in [2.75, 3.05) is 0 Å². The van der Waals surface area contributed by atoms with Gasteiger partial charge >= 0.3 is 0 Å². The second kappa shape index (κ2) is 11.9. The Morgan fingerprint density at radius 1 is 0.310 bits per heavy atom. The first-order chi connectivity index (χ1) is 28.8. The average molecular weight is 755 g/mol. The van der Waals surface area contributed by atoms with Gasteiger partial charge in [-0.2, -0.15) is 0 Å². The molecule has 0 radical (unpaired) electrons. The molecule has 0 saturated heterocycles. The molecule has 0 amide bonds. The van der Waals surface area contributed by atoms with Gasteiger partial charge in [0, 0.05) is 53.1 Å². The fraction of sp³-hybridized carbons (Fsp3) is 0.0182. The first kappa shape index (κ1) is 31.9. The van der Waals surface area contributed by atoms with Crippen molar-refractivity contribution in [1.82, 2.24) is 9.13 Å². The van der Waals surface area contributed by atoms with Gasteiger partial charge in [-0.15, -0.1) is 11.3 Å². The predicted molar refractivity (Wildman–Crippen MR) is 245 cm³/mol. The van der Waals surface area contributed by atoms with Crippen molar-refractivity contribution in [2.45, 2.75) is 5.41 Å². The van der Waals surface area contributed by atoms with Crippen LogP contribution in [-0.4, -0.2) is 9.13 Å². The van der Waals surface area contributed by atoms with Gasteiger partial charge in [-0.3, -0.25) is 0 Å². The maximum absolute atomic E-state index is 2.48. The van der Waals surface area contributed by atoms with Crippen LogP contribution in [0.2, 0.25) is 0 Å². The van der Waals surface area contributed by atoms with E-state index < -0.39 is 5.41 Å². The molecule has 3 heterocycles. The van der Waals surface area contributed by atoms with Gasteiger partial charge in [0.25, 0.3) is 0 Å². The van der Waals surface area contributed by atoms with Crippen molar-refractivity contribution >= 4 is 75.1 Å². The second-order valence-electron chi connectivity index (χ2n) is 15.6. The molecule has 1 aliphatic carbocycles. The van der Waals surface area contributed by atoms with Crippen LogP contribution in [0.3, 0.4) is 0 Å². The molecule has 2 nitrogen and oxygen atoms in total. The number of aromatic nitrogens is 2. The highest BCUT2D eigenvalue weighted by atomic mass is 32.1. The minimum Gasteiger partial charge on any atom is -0.309 e. The molecule has 3 aromatic heterocycles. The van der Waals surface area contributed by atoms with E-state index >= 15 is 0 Å². The van der Waals surface area contributed by atoms with Crippen LogP contribution in [-0.2, 0) is 5.41 Å². The Hall–Kier alpha value is -7.20. The highest BCUT2D eigenvalue weighted by Gasteiger charge is 2.46. The summed E-state index contributed by atoms with van der Waals surface area (Å²) in [5, 5.41) is 7.63. The highest BCUT2D eigenvalue weighted by molar-refractivity contribution is 7.25. The van der Waals surface area contributed by atoms with E-state index in [9.17, 15) is 0 Å². The second-order valence-corrected chi connectivity index (χ2v) is 16.7. The zero-order valence-electron chi connectivity index (χ0n) is 31.4. The van der Waals surface area contributed by atoms with Crippen LogP contribution < -0.4 is 0 Å². The van der Waals surface area contributed by atoms with Gasteiger partial charge in [0.1, 0.15) is 0 Å². The summed E-state index contributed by atoms with van der Waals surface area (Å²) in [6.45, 7) is 0. The van der Waals surface area contributed by atoms with Crippen LogP contribution in [0.25, 0.3) is 86.3 Å². The Morgan fingerprint density at radius 3 is 1.48 bits per heavy atom. The van der Waals surface area contributed by atoms with Gasteiger partial charge in [-0.05, 0) is 100 Å². The first-order valence-corrected chi connectivity index (χ1v) is 20.8. The molecule has 270 valence electrons. The lowest BCUT2D eigenvalue weighted by Crippen LogP contribution is -2.28. The molecule has 0 fully saturated rings. The SMILES string of the molecule is c1ccc(C2(c3ccc4c(c3)c3ccccc3n4-c3ccc4c(c3)c3ccccc3n4-c3ccc4sc5ccccc5c4c3)c3ccccc3-c3ccccc32)cc1. The molecular weight excluding hydrogens is 721 g/mol. The molecule has 0 spiro atoms. The van der Waals surface area contributed by atoms with E-state index in [0.29, 0.717) is 0 Å². The first-order valence-electron chi connectivity index (χ1n) is 20.0. The molecule has 0 saturated carbocycles. The van der Waals surface area contributed by atoms with E-state index in [1.807, 2.05) is 11.3 Å². The summed E-state index contributed by atoms with van der Waals surface area (Å²) in [4.78, 5) is 0. The third-order valence-electron chi connectivity index (χ3n) is 12.8. The number of thiophene rings is 1. The standard InChI is InChI=1S/C55H34N2S/c1-2-14-35(15-3-1)55(47-21-9-4-16-39(47)40-17-5-10-22-48(40)55)36-26-29-51-44(32-36)41-18-6-11-23-49(41)56(51)37-27-30-52-45(33-37)42-19-7-12-24-50(42)57(52)38-28-31-54-46(34-38)43-20-8-13-25-53(43)58-54/h1-34H. The Bertz CT molecular complexity index is 3590. The van der Waals surface area contributed by atoms with Crippen molar-refractivity contribution in [1.29, 1.82) is 0 Å². The molecule has 58 heavy (non-hydrogen) atoms. The Labute approximate surface area is 339 Å². The quantitative estimate of drug-likeness (QED) is 0.169. The number of benzene rings is 9. The zero-order chi connectivity index (χ0) is 38.0. The van der Waals surface area contributed by atoms with E-state index in [-0.39, 0.29) is 0 Å². The largest absolute Gasteiger partial charge is 0.309 e. The lowest BCUT2D eigenvalue weighted by atomic mass is 9.67. The number of rotatable bonds is 4. The van der Waals surface area contributed by atoms with Crippen LogP contribution in [0.5, 0.6) is 0 Å². The van der Waals surface area contributed by atoms with Crippen molar-refractivity contribution in [3.05, 3.63) is 229 Å². The van der Waals surface area contributed by atoms with Crippen LogP contribution >= 0.6 is 11.3 Å². The van der Waals surface area contributed by atoms with Gasteiger partial charge < -0.3 is 9.13 Å². The lowest BCUT2D eigenvalue weighted by molar-refractivity contribution is 0.770. The Kier molecular flexibility index (Phi) is 6.56. The van der Waals surface area contributed by atoms with Gasteiger partial charge in [0.2, 0.25) is 0 Å². The number of hydrogen-bond acceptors (Lipinski definition) is 1. The summed E-state index contributed by atoms with van der Waals surface area (Å²) in [6, 6.07) is 76.8. The van der Waals surface area contributed by atoms with Crippen LogP contribution in [0, 0.1) is 0 Å².